The number of ether oxygens (including phenoxy) is 1. The van der Waals surface area contributed by atoms with Gasteiger partial charge in [-0.1, -0.05) is 20.3 Å². The third kappa shape index (κ3) is 2.47. The van der Waals surface area contributed by atoms with Gasteiger partial charge in [0.15, 0.2) is 0 Å². The fourth-order valence-corrected chi connectivity index (χ4v) is 7.66. The molecule has 4 fully saturated rings. The zero-order valence-electron chi connectivity index (χ0n) is 15.2. The standard InChI is InChI=1S/C20H30BrNOS/c1-4-22(19-10-15(11-19)12-19)13-16-7-5-6-14(2)20(16,23-3)17-8-9-18(21)24-17/h8-9,14-16H,4-7,10-13H2,1-3H3. The van der Waals surface area contributed by atoms with Crippen LogP contribution in [-0.2, 0) is 10.3 Å². The van der Waals surface area contributed by atoms with Crippen LogP contribution in [0, 0.1) is 17.8 Å². The predicted molar refractivity (Wildman–Crippen MR) is 105 cm³/mol. The largest absolute Gasteiger partial charge is 0.372 e. The molecule has 134 valence electrons. The van der Waals surface area contributed by atoms with Gasteiger partial charge in [0.05, 0.1) is 3.79 Å². The molecule has 0 N–H and O–H groups in total. The first-order valence-corrected chi connectivity index (χ1v) is 11.2. The van der Waals surface area contributed by atoms with Crippen molar-refractivity contribution in [3.8, 4) is 0 Å². The van der Waals surface area contributed by atoms with Crippen LogP contribution in [-0.4, -0.2) is 30.6 Å². The Labute approximate surface area is 159 Å². The van der Waals surface area contributed by atoms with Crippen LogP contribution in [0.2, 0.25) is 0 Å². The third-order valence-corrected chi connectivity index (χ3v) is 9.08. The summed E-state index contributed by atoms with van der Waals surface area (Å²) < 4.78 is 7.61. The second-order valence-corrected chi connectivity index (χ2v) is 10.8. The quantitative estimate of drug-likeness (QED) is 0.598. The van der Waals surface area contributed by atoms with E-state index < -0.39 is 0 Å². The summed E-state index contributed by atoms with van der Waals surface area (Å²) in [5, 5.41) is 0. The van der Waals surface area contributed by atoms with Crippen molar-refractivity contribution >= 4 is 27.3 Å². The van der Waals surface area contributed by atoms with Crippen molar-refractivity contribution in [2.24, 2.45) is 17.8 Å². The van der Waals surface area contributed by atoms with Gasteiger partial charge in [0.25, 0.3) is 0 Å². The Hall–Kier alpha value is 0.1000. The zero-order chi connectivity index (χ0) is 16.9. The Kier molecular flexibility index (Phi) is 4.64. The van der Waals surface area contributed by atoms with Crippen LogP contribution in [0.5, 0.6) is 0 Å². The van der Waals surface area contributed by atoms with Gasteiger partial charge >= 0.3 is 0 Å². The Balaban J connectivity index is 1.63. The maximum atomic E-state index is 6.39. The molecule has 4 saturated carbocycles. The Morgan fingerprint density at radius 3 is 2.54 bits per heavy atom. The van der Waals surface area contributed by atoms with E-state index in [4.69, 9.17) is 4.74 Å². The molecule has 1 heterocycles. The molecule has 4 aliphatic rings. The normalized spacial score (nSPS) is 41.1. The summed E-state index contributed by atoms with van der Waals surface area (Å²) in [4.78, 5) is 4.23. The van der Waals surface area contributed by atoms with Crippen LogP contribution in [0.1, 0.15) is 57.2 Å². The van der Waals surface area contributed by atoms with Crippen LogP contribution >= 0.6 is 27.3 Å². The highest BCUT2D eigenvalue weighted by atomic mass is 79.9. The highest BCUT2D eigenvalue weighted by Gasteiger charge is 2.60. The van der Waals surface area contributed by atoms with E-state index in [-0.39, 0.29) is 5.60 Å². The van der Waals surface area contributed by atoms with Gasteiger partial charge in [-0.25, -0.2) is 0 Å². The summed E-state index contributed by atoms with van der Waals surface area (Å²) in [7, 11) is 1.94. The number of nitrogens with zero attached hydrogens (tertiary/aromatic N) is 1. The lowest BCUT2D eigenvalue weighted by Crippen LogP contribution is -2.69. The summed E-state index contributed by atoms with van der Waals surface area (Å²) >= 11 is 5.54. The molecule has 0 radical (unpaired) electrons. The van der Waals surface area contributed by atoms with E-state index in [1.807, 2.05) is 18.4 Å². The minimum absolute atomic E-state index is 0.105. The van der Waals surface area contributed by atoms with Crippen molar-refractivity contribution in [3.05, 3.63) is 20.8 Å². The molecular weight excluding hydrogens is 382 g/mol. The summed E-state index contributed by atoms with van der Waals surface area (Å²) in [6, 6.07) is 4.49. The van der Waals surface area contributed by atoms with Crippen LogP contribution in [0.4, 0.5) is 0 Å². The number of hydrogen-bond donors (Lipinski definition) is 0. The topological polar surface area (TPSA) is 12.5 Å². The molecule has 4 aliphatic carbocycles. The summed E-state index contributed by atoms with van der Waals surface area (Å²) in [5.41, 5.74) is 0.460. The first-order valence-electron chi connectivity index (χ1n) is 9.60. The summed E-state index contributed by atoms with van der Waals surface area (Å²) in [6.07, 6.45) is 8.27. The van der Waals surface area contributed by atoms with E-state index in [9.17, 15) is 0 Å². The van der Waals surface area contributed by atoms with Crippen LogP contribution in [0.3, 0.4) is 0 Å². The van der Waals surface area contributed by atoms with Gasteiger partial charge in [-0.15, -0.1) is 11.3 Å². The third-order valence-electron chi connectivity index (χ3n) is 7.32. The fraction of sp³-hybridized carbons (Fsp3) is 0.800. The van der Waals surface area contributed by atoms with Crippen molar-refractivity contribution < 1.29 is 4.74 Å². The summed E-state index contributed by atoms with van der Waals surface area (Å²) in [5.74, 6) is 2.23. The average molecular weight is 412 g/mol. The lowest BCUT2D eigenvalue weighted by Gasteiger charge is -2.67. The van der Waals surface area contributed by atoms with Gasteiger partial charge in [0, 0.05) is 30.0 Å². The van der Waals surface area contributed by atoms with Gasteiger partial charge in [-0.3, -0.25) is 4.90 Å². The molecule has 1 aromatic heterocycles. The molecule has 1 aromatic rings. The first kappa shape index (κ1) is 17.5. The summed E-state index contributed by atoms with van der Waals surface area (Å²) in [6.45, 7) is 7.14. The molecule has 0 saturated heterocycles. The van der Waals surface area contributed by atoms with Crippen LogP contribution < -0.4 is 0 Å². The van der Waals surface area contributed by atoms with Gasteiger partial charge < -0.3 is 4.74 Å². The van der Waals surface area contributed by atoms with Crippen LogP contribution in [0.25, 0.3) is 0 Å². The lowest BCUT2D eigenvalue weighted by molar-refractivity contribution is -0.177. The van der Waals surface area contributed by atoms with Crippen molar-refractivity contribution in [2.75, 3.05) is 20.2 Å². The van der Waals surface area contributed by atoms with E-state index in [1.54, 1.807) is 0 Å². The molecule has 0 aliphatic heterocycles. The monoisotopic (exact) mass is 411 g/mol. The molecule has 0 aromatic carbocycles. The Morgan fingerprint density at radius 2 is 2.04 bits per heavy atom. The van der Waals surface area contributed by atoms with Gasteiger partial charge in [-0.05, 0) is 78.5 Å². The van der Waals surface area contributed by atoms with Gasteiger partial charge in [-0.2, -0.15) is 0 Å². The smallest absolute Gasteiger partial charge is 0.108 e. The second kappa shape index (κ2) is 6.37. The molecule has 24 heavy (non-hydrogen) atoms. The molecule has 2 bridgehead atoms. The van der Waals surface area contributed by atoms with E-state index in [0.29, 0.717) is 17.4 Å². The maximum absolute atomic E-state index is 6.39. The highest BCUT2D eigenvalue weighted by molar-refractivity contribution is 9.11. The number of hydrogen-bond acceptors (Lipinski definition) is 3. The zero-order valence-corrected chi connectivity index (χ0v) is 17.6. The minimum Gasteiger partial charge on any atom is -0.372 e. The molecule has 5 rings (SSSR count). The predicted octanol–water partition coefficient (Wildman–Crippen LogP) is 5.66. The molecule has 3 unspecified atom stereocenters. The van der Waals surface area contributed by atoms with E-state index in [0.717, 1.165) is 5.92 Å². The van der Waals surface area contributed by atoms with Gasteiger partial charge in [0.1, 0.15) is 5.60 Å². The maximum Gasteiger partial charge on any atom is 0.108 e. The van der Waals surface area contributed by atoms with E-state index >= 15 is 0 Å². The molecular formula is C20H30BrNOS. The van der Waals surface area contributed by atoms with Crippen molar-refractivity contribution in [1.29, 1.82) is 0 Å². The number of rotatable bonds is 6. The van der Waals surface area contributed by atoms with Crippen molar-refractivity contribution in [3.63, 3.8) is 0 Å². The number of methoxy groups -OCH3 is 1. The fourth-order valence-electron chi connectivity index (χ4n) is 5.91. The SMILES string of the molecule is CCN(CC1CCCC(C)C1(OC)c1ccc(Br)s1)C12CC(C1)C2. The number of halogens is 1. The first-order chi connectivity index (χ1) is 11.5. The minimum atomic E-state index is -0.105. The van der Waals surface area contributed by atoms with E-state index in [1.165, 1.54) is 60.3 Å². The van der Waals surface area contributed by atoms with Gasteiger partial charge in [0.2, 0.25) is 0 Å². The molecule has 2 nitrogen and oxygen atoms in total. The van der Waals surface area contributed by atoms with Crippen molar-refractivity contribution in [1.82, 2.24) is 4.90 Å². The van der Waals surface area contributed by atoms with Crippen LogP contribution in [0.15, 0.2) is 15.9 Å². The molecule has 4 heteroatoms. The molecule has 3 atom stereocenters. The average Bonchev–Trinajstić information content (AvgIpc) is 2.91. The van der Waals surface area contributed by atoms with E-state index in [2.05, 4.69) is 46.8 Å². The Morgan fingerprint density at radius 1 is 1.29 bits per heavy atom. The highest BCUT2D eigenvalue weighted by Crippen LogP contribution is 2.61. The van der Waals surface area contributed by atoms with Crippen molar-refractivity contribution in [2.45, 2.75) is 63.5 Å². The second-order valence-electron chi connectivity index (χ2n) is 8.37. The lowest BCUT2D eigenvalue weighted by atomic mass is 9.49. The molecule has 0 spiro atoms. The number of thiophene rings is 1. The Bertz CT molecular complexity index is 585. The molecule has 0 amide bonds.